The van der Waals surface area contributed by atoms with Crippen molar-refractivity contribution in [1.82, 2.24) is 19.8 Å². The number of piperidine rings is 1. The zero-order valence-corrected chi connectivity index (χ0v) is 17.9. The third kappa shape index (κ3) is 4.59. The molecular formula is C21H21F3N6O3. The third-order valence-electron chi connectivity index (χ3n) is 5.61. The third-order valence-corrected chi connectivity index (χ3v) is 5.61. The smallest absolute Gasteiger partial charge is 0.453 e. The van der Waals surface area contributed by atoms with Crippen molar-refractivity contribution in [2.45, 2.75) is 25.9 Å². The van der Waals surface area contributed by atoms with Crippen LogP contribution in [0.5, 0.6) is 0 Å². The van der Waals surface area contributed by atoms with E-state index in [9.17, 15) is 22.8 Å². The van der Waals surface area contributed by atoms with E-state index in [1.54, 1.807) is 24.3 Å². The van der Waals surface area contributed by atoms with Gasteiger partial charge in [0.1, 0.15) is 5.82 Å². The molecule has 3 aromatic rings. The fraction of sp³-hybridized carbons (Fsp3) is 0.381. The molecule has 0 aliphatic carbocycles. The van der Waals surface area contributed by atoms with E-state index in [2.05, 4.69) is 20.6 Å². The molecule has 1 fully saturated rings. The van der Waals surface area contributed by atoms with E-state index in [4.69, 9.17) is 4.74 Å². The summed E-state index contributed by atoms with van der Waals surface area (Å²) < 4.78 is 44.7. The molecule has 12 heteroatoms. The summed E-state index contributed by atoms with van der Waals surface area (Å²) in [5.74, 6) is -1.79. The van der Waals surface area contributed by atoms with Gasteiger partial charge in [0.25, 0.3) is 5.82 Å². The van der Waals surface area contributed by atoms with Gasteiger partial charge in [-0.2, -0.15) is 17.7 Å². The first-order valence-corrected chi connectivity index (χ1v) is 10.2. The van der Waals surface area contributed by atoms with Crippen LogP contribution in [0.3, 0.4) is 0 Å². The highest BCUT2D eigenvalue weighted by Gasteiger charge is 2.38. The molecule has 2 aromatic heterocycles. The molecule has 33 heavy (non-hydrogen) atoms. The maximum atomic E-state index is 13.1. The second-order valence-corrected chi connectivity index (χ2v) is 7.75. The minimum absolute atomic E-state index is 0.00453. The van der Waals surface area contributed by atoms with Crippen LogP contribution in [0.4, 0.5) is 24.7 Å². The number of aromatic nitrogens is 4. The molecule has 174 valence electrons. The summed E-state index contributed by atoms with van der Waals surface area (Å²) in [5, 5.41) is 13.6. The standard InChI is InChI=1S/C21H21F3N6O3/c1-12-3-4-14(19(32)33-2)11-15(12)25-18(31)13-7-9-29(10-8-13)17-6-5-16-26-27-20(21(22,23)24)30(16)28-17/h3-6,11,13H,7-10H2,1-2H3,(H,25,31). The maximum absolute atomic E-state index is 13.1. The predicted molar refractivity (Wildman–Crippen MR) is 112 cm³/mol. The second-order valence-electron chi connectivity index (χ2n) is 7.75. The Morgan fingerprint density at radius 3 is 2.52 bits per heavy atom. The molecule has 0 unspecified atom stereocenters. The van der Waals surface area contributed by atoms with Crippen molar-refractivity contribution >= 4 is 29.0 Å². The number of benzene rings is 1. The maximum Gasteiger partial charge on any atom is 0.453 e. The van der Waals surface area contributed by atoms with Crippen LogP contribution in [-0.2, 0) is 15.7 Å². The molecule has 0 radical (unpaired) electrons. The van der Waals surface area contributed by atoms with E-state index in [0.717, 1.165) is 5.56 Å². The van der Waals surface area contributed by atoms with E-state index in [1.165, 1.54) is 13.2 Å². The Kier molecular flexibility index (Phi) is 5.91. The van der Waals surface area contributed by atoms with Gasteiger partial charge in [0.15, 0.2) is 5.65 Å². The van der Waals surface area contributed by atoms with Gasteiger partial charge in [-0.3, -0.25) is 4.79 Å². The molecule has 1 aromatic carbocycles. The Balaban J connectivity index is 1.43. The van der Waals surface area contributed by atoms with Crippen LogP contribution in [-0.4, -0.2) is 51.9 Å². The number of halogens is 3. The number of aryl methyl sites for hydroxylation is 1. The van der Waals surface area contributed by atoms with Crippen LogP contribution in [0.25, 0.3) is 5.65 Å². The lowest BCUT2D eigenvalue weighted by Crippen LogP contribution is -2.39. The topological polar surface area (TPSA) is 102 Å². The van der Waals surface area contributed by atoms with E-state index in [1.807, 2.05) is 11.8 Å². The van der Waals surface area contributed by atoms with E-state index in [0.29, 0.717) is 47.5 Å². The largest absolute Gasteiger partial charge is 0.465 e. The lowest BCUT2D eigenvalue weighted by atomic mass is 9.95. The van der Waals surface area contributed by atoms with Crippen molar-refractivity contribution < 1.29 is 27.5 Å². The van der Waals surface area contributed by atoms with Crippen molar-refractivity contribution in [3.63, 3.8) is 0 Å². The Morgan fingerprint density at radius 1 is 1.12 bits per heavy atom. The molecule has 0 atom stereocenters. The van der Waals surface area contributed by atoms with Crippen molar-refractivity contribution in [2.75, 3.05) is 30.4 Å². The number of ether oxygens (including phenoxy) is 1. The van der Waals surface area contributed by atoms with Gasteiger partial charge >= 0.3 is 12.1 Å². The lowest BCUT2D eigenvalue weighted by molar-refractivity contribution is -0.146. The van der Waals surface area contributed by atoms with Gasteiger partial charge in [0.2, 0.25) is 5.91 Å². The number of fused-ring (bicyclic) bond motifs is 1. The van der Waals surface area contributed by atoms with E-state index >= 15 is 0 Å². The SMILES string of the molecule is COC(=O)c1ccc(C)c(NC(=O)C2CCN(c3ccc4nnc(C(F)(F)F)n4n3)CC2)c1. The summed E-state index contributed by atoms with van der Waals surface area (Å²) >= 11 is 0. The molecule has 1 amide bonds. The highest BCUT2D eigenvalue weighted by Crippen LogP contribution is 2.29. The number of hydrogen-bond acceptors (Lipinski definition) is 7. The van der Waals surface area contributed by atoms with Gasteiger partial charge in [0, 0.05) is 24.7 Å². The van der Waals surface area contributed by atoms with Crippen molar-refractivity contribution in [3.05, 3.63) is 47.3 Å². The van der Waals surface area contributed by atoms with Gasteiger partial charge < -0.3 is 15.0 Å². The van der Waals surface area contributed by atoms with Gasteiger partial charge in [-0.1, -0.05) is 6.07 Å². The first-order chi connectivity index (χ1) is 15.7. The number of nitrogens with one attached hydrogen (secondary N) is 1. The molecule has 0 bridgehead atoms. The van der Waals surface area contributed by atoms with Crippen LogP contribution >= 0.6 is 0 Å². The number of esters is 1. The zero-order valence-electron chi connectivity index (χ0n) is 17.9. The fourth-order valence-corrected chi connectivity index (χ4v) is 3.73. The summed E-state index contributed by atoms with van der Waals surface area (Å²) in [4.78, 5) is 26.4. The van der Waals surface area contributed by atoms with E-state index in [-0.39, 0.29) is 17.5 Å². The number of anilines is 2. The van der Waals surface area contributed by atoms with Gasteiger partial charge in [0.05, 0.1) is 12.7 Å². The number of alkyl halides is 3. The Bertz CT molecular complexity index is 1200. The monoisotopic (exact) mass is 462 g/mol. The van der Waals surface area contributed by atoms with Gasteiger partial charge in [-0.25, -0.2) is 4.79 Å². The average molecular weight is 462 g/mol. The van der Waals surface area contributed by atoms with Crippen molar-refractivity contribution in [3.8, 4) is 0 Å². The molecule has 1 saturated heterocycles. The molecule has 0 spiro atoms. The lowest BCUT2D eigenvalue weighted by Gasteiger charge is -2.32. The summed E-state index contributed by atoms with van der Waals surface area (Å²) in [6, 6.07) is 7.95. The van der Waals surface area contributed by atoms with Gasteiger partial charge in [-0.15, -0.1) is 15.3 Å². The predicted octanol–water partition coefficient (Wildman–Crippen LogP) is 3.09. The van der Waals surface area contributed by atoms with Crippen LogP contribution in [0.2, 0.25) is 0 Å². The highest BCUT2D eigenvalue weighted by molar-refractivity contribution is 5.96. The first-order valence-electron chi connectivity index (χ1n) is 10.2. The molecule has 0 saturated carbocycles. The molecule has 9 nitrogen and oxygen atoms in total. The minimum atomic E-state index is -4.67. The van der Waals surface area contributed by atoms with Crippen LogP contribution in [0, 0.1) is 12.8 Å². The Hall–Kier alpha value is -3.70. The number of methoxy groups -OCH3 is 1. The quantitative estimate of drug-likeness (QED) is 0.595. The first kappa shape index (κ1) is 22.5. The molecular weight excluding hydrogens is 441 g/mol. The highest BCUT2D eigenvalue weighted by atomic mass is 19.4. The second kappa shape index (κ2) is 8.68. The van der Waals surface area contributed by atoms with Crippen LogP contribution in [0.1, 0.15) is 34.6 Å². The van der Waals surface area contributed by atoms with Crippen molar-refractivity contribution in [1.29, 1.82) is 0 Å². The Morgan fingerprint density at radius 2 is 1.85 bits per heavy atom. The van der Waals surface area contributed by atoms with Crippen LogP contribution in [0.15, 0.2) is 30.3 Å². The fourth-order valence-electron chi connectivity index (χ4n) is 3.73. The summed E-state index contributed by atoms with van der Waals surface area (Å²) in [6.45, 7) is 2.71. The number of amides is 1. The molecule has 1 aliphatic heterocycles. The number of hydrogen-bond donors (Lipinski definition) is 1. The van der Waals surface area contributed by atoms with Gasteiger partial charge in [-0.05, 0) is 49.6 Å². The van der Waals surface area contributed by atoms with E-state index < -0.39 is 18.0 Å². The normalized spacial score (nSPS) is 15.0. The number of carbonyl (C=O) groups is 2. The molecule has 4 rings (SSSR count). The number of carbonyl (C=O) groups excluding carboxylic acids is 2. The zero-order chi connectivity index (χ0) is 23.8. The molecule has 1 N–H and O–H groups in total. The van der Waals surface area contributed by atoms with Crippen LogP contribution < -0.4 is 10.2 Å². The minimum Gasteiger partial charge on any atom is -0.465 e. The number of rotatable bonds is 4. The average Bonchev–Trinajstić information content (AvgIpc) is 3.24. The molecule has 3 heterocycles. The number of nitrogens with zero attached hydrogens (tertiary/aromatic N) is 5. The Labute approximate surface area is 186 Å². The summed E-state index contributed by atoms with van der Waals surface area (Å²) in [6.07, 6.45) is -3.68. The molecule has 1 aliphatic rings. The summed E-state index contributed by atoms with van der Waals surface area (Å²) in [5.41, 5.74) is 1.68. The van der Waals surface area contributed by atoms with Crippen molar-refractivity contribution in [2.24, 2.45) is 5.92 Å². The summed E-state index contributed by atoms with van der Waals surface area (Å²) in [7, 11) is 1.29.